The summed E-state index contributed by atoms with van der Waals surface area (Å²) in [4.78, 5) is 41.0. The number of fused-ring (bicyclic) bond motifs is 2. The van der Waals surface area contributed by atoms with Gasteiger partial charge in [0.15, 0.2) is 0 Å². The highest BCUT2D eigenvalue weighted by atomic mass is 32.1. The Bertz CT molecular complexity index is 1720. The Morgan fingerprint density at radius 2 is 1.91 bits per heavy atom. The Kier molecular flexibility index (Phi) is 9.61. The zero-order chi connectivity index (χ0) is 32.6. The number of nitrogens with one attached hydrogen (secondary N) is 1. The summed E-state index contributed by atoms with van der Waals surface area (Å²) in [6, 6.07) is 7.26. The molecule has 4 atom stereocenters. The summed E-state index contributed by atoms with van der Waals surface area (Å²) in [5.74, 6) is 0.126. The van der Waals surface area contributed by atoms with Crippen LogP contribution in [0.5, 0.6) is 0 Å². The normalized spacial score (nSPS) is 22.9. The number of likely N-dealkylation sites (tertiary alicyclic amines) is 2. The molecule has 12 heteroatoms. The minimum atomic E-state index is -1.22. The number of ether oxygens (including phenoxy) is 1. The monoisotopic (exact) mass is 661 g/mol. The maximum Gasteiger partial charge on any atom is 0.314 e. The molecule has 10 nitrogen and oxygen atoms in total. The van der Waals surface area contributed by atoms with Crippen LogP contribution in [0.4, 0.5) is 5.69 Å². The number of carbonyl (C=O) groups excluding carboxylic acids is 2. The minimum Gasteiger partial charge on any atom is -0.360 e. The Morgan fingerprint density at radius 1 is 1.09 bits per heavy atom. The van der Waals surface area contributed by atoms with Gasteiger partial charge in [-0.15, -0.1) is 11.3 Å². The van der Waals surface area contributed by atoms with Crippen molar-refractivity contribution in [3.05, 3.63) is 47.4 Å². The van der Waals surface area contributed by atoms with Crippen molar-refractivity contribution in [1.82, 2.24) is 29.5 Å². The van der Waals surface area contributed by atoms with Crippen molar-refractivity contribution in [3.8, 4) is 0 Å². The first-order chi connectivity index (χ1) is 22.0. The minimum absolute atomic E-state index is 0.189. The zero-order valence-corrected chi connectivity index (χ0v) is 29.8. The van der Waals surface area contributed by atoms with Gasteiger partial charge in [0.25, 0.3) is 0 Å². The molecule has 2 amide bonds. The lowest BCUT2D eigenvalue weighted by Gasteiger charge is -2.38. The van der Waals surface area contributed by atoms with Crippen LogP contribution in [0.15, 0.2) is 36.8 Å². The predicted molar refractivity (Wildman–Crippen MR) is 187 cm³/mol. The van der Waals surface area contributed by atoms with E-state index in [4.69, 9.17) is 9.72 Å². The van der Waals surface area contributed by atoms with Gasteiger partial charge in [0.05, 0.1) is 44.9 Å². The molecule has 3 aromatic heterocycles. The van der Waals surface area contributed by atoms with E-state index in [-0.39, 0.29) is 12.8 Å². The topological polar surface area (TPSA) is 105 Å². The number of thiazole rings is 1. The van der Waals surface area contributed by atoms with Crippen LogP contribution in [0, 0.1) is 11.8 Å². The van der Waals surface area contributed by atoms with Gasteiger partial charge in [-0.1, -0.05) is 39.6 Å². The second kappa shape index (κ2) is 13.5. The number of amides is 2. The van der Waals surface area contributed by atoms with E-state index in [2.05, 4.69) is 79.0 Å². The smallest absolute Gasteiger partial charge is 0.314 e. The molecule has 6 rings (SSSR count). The highest BCUT2D eigenvalue weighted by Crippen LogP contribution is 2.39. The van der Waals surface area contributed by atoms with Gasteiger partial charge < -0.3 is 19.9 Å². The van der Waals surface area contributed by atoms with Crippen molar-refractivity contribution >= 4 is 58.0 Å². The summed E-state index contributed by atoms with van der Waals surface area (Å²) in [5.41, 5.74) is 3.16. The van der Waals surface area contributed by atoms with Gasteiger partial charge >= 0.3 is 11.8 Å². The molecule has 46 heavy (non-hydrogen) atoms. The van der Waals surface area contributed by atoms with E-state index < -0.39 is 19.9 Å². The van der Waals surface area contributed by atoms with Gasteiger partial charge in [0.1, 0.15) is 6.73 Å². The van der Waals surface area contributed by atoms with E-state index in [9.17, 15) is 9.59 Å². The van der Waals surface area contributed by atoms with E-state index in [1.165, 1.54) is 9.71 Å². The van der Waals surface area contributed by atoms with Crippen molar-refractivity contribution in [2.75, 3.05) is 38.6 Å². The molecular formula is C34H47N7O3SSi. The molecular weight excluding hydrogens is 615 g/mol. The molecule has 2 aliphatic heterocycles. The van der Waals surface area contributed by atoms with E-state index in [0.29, 0.717) is 42.1 Å². The van der Waals surface area contributed by atoms with Gasteiger partial charge in [-0.25, -0.2) is 9.67 Å². The van der Waals surface area contributed by atoms with Crippen LogP contribution >= 0.6 is 11.3 Å². The van der Waals surface area contributed by atoms with Gasteiger partial charge in [-0.05, 0) is 68.4 Å². The molecule has 246 valence electrons. The fourth-order valence-corrected chi connectivity index (χ4v) is 8.81. The standard InChI is InChI=1S/C34H47N7O3SSi/c1-22-7-9-29(24-8-10-30-27(15-24)38-33(45-30)26-11-12-39(3)20-23(26)2)40(19-22)34(43)32(42)37-28-18-35-16-25-17-36-41(31(25)28)21-44-13-14-46(4,5)6/h8,10,15-18,22-23,26,29H,7,9,11-14,19-21H2,1-6H3,(H,37,42)/t22-,23+,26-,29+/m0/s1. The Hall–Kier alpha value is -3.19. The van der Waals surface area contributed by atoms with Crippen molar-refractivity contribution < 1.29 is 14.3 Å². The number of aromatic nitrogens is 4. The van der Waals surface area contributed by atoms with Crippen LogP contribution in [0.25, 0.3) is 21.1 Å². The van der Waals surface area contributed by atoms with Crippen molar-refractivity contribution in [3.63, 3.8) is 0 Å². The van der Waals surface area contributed by atoms with Gasteiger partial charge in [-0.3, -0.25) is 14.6 Å². The van der Waals surface area contributed by atoms with Crippen LogP contribution in [0.2, 0.25) is 25.7 Å². The summed E-state index contributed by atoms with van der Waals surface area (Å²) in [6.45, 7) is 15.0. The third-order valence-corrected chi connectivity index (χ3v) is 12.4. The lowest BCUT2D eigenvalue weighted by Crippen LogP contribution is -2.46. The molecule has 0 unspecified atom stereocenters. The number of pyridine rings is 1. The predicted octanol–water partition coefficient (Wildman–Crippen LogP) is 6.35. The lowest BCUT2D eigenvalue weighted by molar-refractivity contribution is -0.146. The molecule has 2 saturated heterocycles. The Balaban J connectivity index is 1.19. The molecule has 0 saturated carbocycles. The maximum absolute atomic E-state index is 13.9. The number of hydrogen-bond acceptors (Lipinski definition) is 8. The van der Waals surface area contributed by atoms with E-state index in [0.717, 1.165) is 54.9 Å². The lowest BCUT2D eigenvalue weighted by atomic mass is 9.87. The van der Waals surface area contributed by atoms with Gasteiger partial charge in [0.2, 0.25) is 0 Å². The van der Waals surface area contributed by atoms with Crippen LogP contribution in [0.3, 0.4) is 0 Å². The fraction of sp³-hybridized carbons (Fsp3) is 0.559. The van der Waals surface area contributed by atoms with Crippen LogP contribution in [-0.2, 0) is 21.1 Å². The summed E-state index contributed by atoms with van der Waals surface area (Å²) < 4.78 is 8.83. The maximum atomic E-state index is 13.9. The molecule has 4 aromatic rings. The van der Waals surface area contributed by atoms with Gasteiger partial charge in [-0.2, -0.15) is 5.10 Å². The van der Waals surface area contributed by atoms with Crippen molar-refractivity contribution in [1.29, 1.82) is 0 Å². The average Bonchev–Trinajstić information content (AvgIpc) is 3.62. The van der Waals surface area contributed by atoms with E-state index >= 15 is 0 Å². The number of piperidine rings is 2. The first kappa shape index (κ1) is 32.7. The number of carbonyl (C=O) groups is 2. The van der Waals surface area contributed by atoms with E-state index in [1.807, 2.05) is 0 Å². The summed E-state index contributed by atoms with van der Waals surface area (Å²) in [7, 11) is 0.965. The molecule has 0 spiro atoms. The number of benzene rings is 1. The second-order valence-electron chi connectivity index (χ2n) is 14.6. The Morgan fingerprint density at radius 3 is 2.70 bits per heavy atom. The quantitative estimate of drug-likeness (QED) is 0.133. The van der Waals surface area contributed by atoms with Crippen molar-refractivity contribution in [2.24, 2.45) is 11.8 Å². The average molecular weight is 662 g/mol. The van der Waals surface area contributed by atoms with Crippen molar-refractivity contribution in [2.45, 2.75) is 77.5 Å². The molecule has 0 radical (unpaired) electrons. The third kappa shape index (κ3) is 7.19. The molecule has 5 heterocycles. The SMILES string of the molecule is C[C@H]1CC[C@H](c2ccc3sc([C@H]4CCN(C)C[C@H]4C)nc3c2)N(C(=O)C(=O)Nc2cncc3cnn(COCC[Si](C)(C)C)c23)C1. The number of hydrogen-bond donors (Lipinski definition) is 1. The highest BCUT2D eigenvalue weighted by Gasteiger charge is 2.35. The largest absolute Gasteiger partial charge is 0.360 e. The summed E-state index contributed by atoms with van der Waals surface area (Å²) >= 11 is 1.79. The number of anilines is 1. The summed E-state index contributed by atoms with van der Waals surface area (Å²) in [5, 5.41) is 9.32. The number of rotatable bonds is 8. The molecule has 1 N–H and O–H groups in total. The van der Waals surface area contributed by atoms with Crippen LogP contribution < -0.4 is 5.32 Å². The van der Waals surface area contributed by atoms with Crippen LogP contribution in [-0.4, -0.2) is 82.7 Å². The highest BCUT2D eigenvalue weighted by molar-refractivity contribution is 7.18. The zero-order valence-electron chi connectivity index (χ0n) is 28.0. The fourth-order valence-electron chi connectivity index (χ4n) is 6.84. The molecule has 2 aliphatic rings. The number of nitrogens with zero attached hydrogens (tertiary/aromatic N) is 6. The molecule has 2 fully saturated rings. The van der Waals surface area contributed by atoms with E-state index in [1.54, 1.807) is 39.5 Å². The summed E-state index contributed by atoms with van der Waals surface area (Å²) in [6.07, 6.45) is 7.89. The first-order valence-electron chi connectivity index (χ1n) is 16.5. The Labute approximate surface area is 276 Å². The van der Waals surface area contributed by atoms with Gasteiger partial charge in [0, 0.05) is 45.3 Å². The first-order valence-corrected chi connectivity index (χ1v) is 21.1. The molecule has 0 bridgehead atoms. The second-order valence-corrected chi connectivity index (χ2v) is 21.3. The van der Waals surface area contributed by atoms with Crippen LogP contribution in [0.1, 0.15) is 55.6 Å². The molecule has 0 aliphatic carbocycles. The molecule has 1 aromatic carbocycles. The third-order valence-electron chi connectivity index (χ3n) is 9.51.